The first-order valence-corrected chi connectivity index (χ1v) is 7.96. The van der Waals surface area contributed by atoms with Crippen molar-refractivity contribution in [3.8, 4) is 0 Å². The Balaban J connectivity index is 1.87. The number of aromatic nitrogens is 1. The fraction of sp³-hybridized carbons (Fsp3) is 0.500. The van der Waals surface area contributed by atoms with E-state index in [1.165, 1.54) is 6.92 Å². The standard InChI is InChI=1S/C16H22N4O4/c1-3-24-16(23)20-9-7-12(8-10-20)18-15(22)13-5-4-6-14(19-13)17-11(2)21/h4-6,12H,3,7-10H2,1-2H3,(H,18,22)(H,17,19,21). The lowest BCUT2D eigenvalue weighted by Gasteiger charge is -2.31. The SMILES string of the molecule is CCOC(=O)N1CCC(NC(=O)c2cccc(NC(C)=O)n2)CC1. The van der Waals surface area contributed by atoms with E-state index in [9.17, 15) is 14.4 Å². The minimum Gasteiger partial charge on any atom is -0.450 e. The number of hydrogen-bond acceptors (Lipinski definition) is 5. The molecule has 1 aliphatic heterocycles. The quantitative estimate of drug-likeness (QED) is 0.866. The summed E-state index contributed by atoms with van der Waals surface area (Å²) in [5, 5.41) is 5.46. The molecule has 0 saturated carbocycles. The molecule has 3 amide bonds. The maximum Gasteiger partial charge on any atom is 0.409 e. The van der Waals surface area contributed by atoms with Gasteiger partial charge in [-0.25, -0.2) is 9.78 Å². The Morgan fingerprint density at radius 2 is 2.00 bits per heavy atom. The molecule has 0 aliphatic carbocycles. The van der Waals surface area contributed by atoms with Gasteiger partial charge in [-0.15, -0.1) is 0 Å². The number of nitrogens with zero attached hydrogens (tertiary/aromatic N) is 2. The average molecular weight is 334 g/mol. The van der Waals surface area contributed by atoms with Crippen LogP contribution >= 0.6 is 0 Å². The minimum absolute atomic E-state index is 0.0191. The van der Waals surface area contributed by atoms with Crippen LogP contribution in [0.3, 0.4) is 0 Å². The number of nitrogens with one attached hydrogen (secondary N) is 2. The van der Waals surface area contributed by atoms with Crippen LogP contribution in [0.15, 0.2) is 18.2 Å². The number of likely N-dealkylation sites (tertiary alicyclic amines) is 1. The third-order valence-corrected chi connectivity index (χ3v) is 3.64. The minimum atomic E-state index is -0.313. The zero-order valence-corrected chi connectivity index (χ0v) is 13.9. The fourth-order valence-corrected chi connectivity index (χ4v) is 2.49. The van der Waals surface area contributed by atoms with Crippen LogP contribution in [0.2, 0.25) is 0 Å². The molecule has 1 saturated heterocycles. The molecule has 0 atom stereocenters. The van der Waals surface area contributed by atoms with Crippen molar-refractivity contribution in [1.82, 2.24) is 15.2 Å². The molecule has 8 heteroatoms. The maximum absolute atomic E-state index is 12.3. The van der Waals surface area contributed by atoms with Gasteiger partial charge in [0.05, 0.1) is 6.61 Å². The molecule has 1 aromatic rings. The van der Waals surface area contributed by atoms with Crippen molar-refractivity contribution >= 4 is 23.7 Å². The van der Waals surface area contributed by atoms with Crippen LogP contribution < -0.4 is 10.6 Å². The third-order valence-electron chi connectivity index (χ3n) is 3.64. The normalized spacial score (nSPS) is 14.8. The second kappa shape index (κ2) is 8.28. The summed E-state index contributed by atoms with van der Waals surface area (Å²) >= 11 is 0. The molecule has 0 aromatic carbocycles. The molecular weight excluding hydrogens is 312 g/mol. The van der Waals surface area contributed by atoms with E-state index in [0.717, 1.165) is 0 Å². The molecule has 2 rings (SSSR count). The second-order valence-corrected chi connectivity index (χ2v) is 5.52. The van der Waals surface area contributed by atoms with Crippen molar-refractivity contribution in [2.75, 3.05) is 25.0 Å². The Bertz CT molecular complexity index is 612. The predicted octanol–water partition coefficient (Wildman–Crippen LogP) is 1.39. The van der Waals surface area contributed by atoms with E-state index in [1.807, 2.05) is 0 Å². The van der Waals surface area contributed by atoms with E-state index in [2.05, 4.69) is 15.6 Å². The molecule has 130 valence electrons. The van der Waals surface area contributed by atoms with E-state index < -0.39 is 0 Å². The summed E-state index contributed by atoms with van der Waals surface area (Å²) in [7, 11) is 0. The summed E-state index contributed by atoms with van der Waals surface area (Å²) in [6.45, 7) is 4.59. The number of anilines is 1. The summed E-state index contributed by atoms with van der Waals surface area (Å²) in [6.07, 6.45) is 1.01. The van der Waals surface area contributed by atoms with Crippen LogP contribution in [0.4, 0.5) is 10.6 Å². The van der Waals surface area contributed by atoms with E-state index in [1.54, 1.807) is 30.0 Å². The Morgan fingerprint density at radius 3 is 2.62 bits per heavy atom. The highest BCUT2D eigenvalue weighted by molar-refractivity contribution is 5.94. The summed E-state index contributed by atoms with van der Waals surface area (Å²) in [5.41, 5.74) is 0.245. The van der Waals surface area contributed by atoms with Gasteiger partial charge in [0.1, 0.15) is 11.5 Å². The highest BCUT2D eigenvalue weighted by atomic mass is 16.6. The topological polar surface area (TPSA) is 101 Å². The largest absolute Gasteiger partial charge is 0.450 e. The first-order valence-electron chi connectivity index (χ1n) is 7.96. The number of pyridine rings is 1. The van der Waals surface area contributed by atoms with Crippen molar-refractivity contribution < 1.29 is 19.1 Å². The van der Waals surface area contributed by atoms with Crippen molar-refractivity contribution in [2.24, 2.45) is 0 Å². The summed E-state index contributed by atoms with van der Waals surface area (Å²) in [4.78, 5) is 40.7. The monoisotopic (exact) mass is 334 g/mol. The van der Waals surface area contributed by atoms with Gasteiger partial charge >= 0.3 is 6.09 Å². The third kappa shape index (κ3) is 4.94. The van der Waals surface area contributed by atoms with Gasteiger partial charge in [0.2, 0.25) is 5.91 Å². The van der Waals surface area contributed by atoms with Crippen molar-refractivity contribution in [1.29, 1.82) is 0 Å². The smallest absolute Gasteiger partial charge is 0.409 e. The van der Waals surface area contributed by atoms with Gasteiger partial charge in [0, 0.05) is 26.1 Å². The number of rotatable bonds is 4. The number of hydrogen-bond donors (Lipinski definition) is 2. The van der Waals surface area contributed by atoms with Crippen molar-refractivity contribution in [3.05, 3.63) is 23.9 Å². The first kappa shape index (κ1) is 17.7. The fourth-order valence-electron chi connectivity index (χ4n) is 2.49. The highest BCUT2D eigenvalue weighted by Crippen LogP contribution is 2.13. The first-order chi connectivity index (χ1) is 11.5. The number of carbonyl (C=O) groups is 3. The number of piperidine rings is 1. The van der Waals surface area contributed by atoms with E-state index in [4.69, 9.17) is 4.74 Å². The van der Waals surface area contributed by atoms with Gasteiger partial charge in [0.15, 0.2) is 0 Å². The Labute approximate surface area is 140 Å². The number of ether oxygens (including phenoxy) is 1. The van der Waals surface area contributed by atoms with E-state index in [-0.39, 0.29) is 29.6 Å². The number of amides is 3. The van der Waals surface area contributed by atoms with E-state index >= 15 is 0 Å². The van der Waals surface area contributed by atoms with Gasteiger partial charge in [-0.05, 0) is 31.9 Å². The molecule has 24 heavy (non-hydrogen) atoms. The highest BCUT2D eigenvalue weighted by Gasteiger charge is 2.25. The van der Waals surface area contributed by atoms with Crippen molar-refractivity contribution in [2.45, 2.75) is 32.7 Å². The summed E-state index contributed by atoms with van der Waals surface area (Å²) < 4.78 is 4.97. The molecule has 0 spiro atoms. The molecule has 1 fully saturated rings. The van der Waals surface area contributed by atoms with Gasteiger partial charge in [-0.3, -0.25) is 9.59 Å². The van der Waals surface area contributed by atoms with Crippen LogP contribution in [0.1, 0.15) is 37.2 Å². The van der Waals surface area contributed by atoms with Crippen LogP contribution in [0.25, 0.3) is 0 Å². The molecule has 2 N–H and O–H groups in total. The van der Waals surface area contributed by atoms with Gasteiger partial charge in [-0.2, -0.15) is 0 Å². The van der Waals surface area contributed by atoms with E-state index in [0.29, 0.717) is 38.4 Å². The molecule has 1 aliphatic rings. The van der Waals surface area contributed by atoms with Crippen LogP contribution in [0, 0.1) is 0 Å². The Morgan fingerprint density at radius 1 is 1.29 bits per heavy atom. The van der Waals surface area contributed by atoms with Crippen molar-refractivity contribution in [3.63, 3.8) is 0 Å². The summed E-state index contributed by atoms with van der Waals surface area (Å²) in [5.74, 6) is -0.199. The lowest BCUT2D eigenvalue weighted by atomic mass is 10.1. The second-order valence-electron chi connectivity index (χ2n) is 5.52. The zero-order chi connectivity index (χ0) is 17.5. The lowest BCUT2D eigenvalue weighted by molar-refractivity contribution is -0.114. The van der Waals surface area contributed by atoms with Gasteiger partial charge < -0.3 is 20.3 Å². The molecular formula is C16H22N4O4. The molecule has 8 nitrogen and oxygen atoms in total. The van der Waals surface area contributed by atoms with Gasteiger partial charge in [-0.1, -0.05) is 6.07 Å². The van der Waals surface area contributed by atoms with Gasteiger partial charge in [0.25, 0.3) is 5.91 Å². The predicted molar refractivity (Wildman–Crippen MR) is 87.6 cm³/mol. The molecule has 1 aromatic heterocycles. The van der Waals surface area contributed by atoms with Crippen LogP contribution in [-0.4, -0.2) is 53.5 Å². The number of carbonyl (C=O) groups excluding carboxylic acids is 3. The average Bonchev–Trinajstić information content (AvgIpc) is 2.55. The molecule has 0 radical (unpaired) electrons. The zero-order valence-electron chi connectivity index (χ0n) is 13.9. The summed E-state index contributed by atoms with van der Waals surface area (Å²) in [6, 6.07) is 4.86. The molecule has 2 heterocycles. The molecule has 0 unspecified atom stereocenters. The Kier molecular flexibility index (Phi) is 6.11. The Hall–Kier alpha value is -2.64. The lowest BCUT2D eigenvalue weighted by Crippen LogP contribution is -2.46. The van der Waals surface area contributed by atoms with Crippen LogP contribution in [0.5, 0.6) is 0 Å². The van der Waals surface area contributed by atoms with Crippen LogP contribution in [-0.2, 0) is 9.53 Å². The molecule has 0 bridgehead atoms. The maximum atomic E-state index is 12.3.